The van der Waals surface area contributed by atoms with Gasteiger partial charge in [-0.1, -0.05) is 18.2 Å². The second kappa shape index (κ2) is 4.61. The van der Waals surface area contributed by atoms with Gasteiger partial charge in [-0.3, -0.25) is 0 Å². The van der Waals surface area contributed by atoms with Gasteiger partial charge in [0.1, 0.15) is 6.29 Å². The van der Waals surface area contributed by atoms with Crippen molar-refractivity contribution >= 4 is 18.0 Å². The SMILES string of the molecule is Cc1c(N)ccc(C=CCC=O)c1C. The number of hydrogen-bond donors (Lipinski definition) is 1. The lowest BCUT2D eigenvalue weighted by Gasteiger charge is -2.07. The predicted molar refractivity (Wildman–Crippen MR) is 60.0 cm³/mol. The third-order valence-corrected chi connectivity index (χ3v) is 2.40. The van der Waals surface area contributed by atoms with Crippen LogP contribution >= 0.6 is 0 Å². The van der Waals surface area contributed by atoms with Crippen LogP contribution in [0.4, 0.5) is 5.69 Å². The predicted octanol–water partition coefficient (Wildman–Crippen LogP) is 2.49. The Morgan fingerprint density at radius 1 is 1.29 bits per heavy atom. The number of carbonyl (C=O) groups excluding carboxylic acids is 1. The Labute approximate surface area is 84.4 Å². The summed E-state index contributed by atoms with van der Waals surface area (Å²) in [5.74, 6) is 0. The van der Waals surface area contributed by atoms with E-state index in [1.165, 1.54) is 5.56 Å². The first kappa shape index (κ1) is 10.5. The molecule has 14 heavy (non-hydrogen) atoms. The van der Waals surface area contributed by atoms with Crippen molar-refractivity contribution in [3.05, 3.63) is 34.9 Å². The topological polar surface area (TPSA) is 43.1 Å². The molecule has 0 saturated carbocycles. The molecule has 0 aliphatic carbocycles. The van der Waals surface area contributed by atoms with E-state index in [0.29, 0.717) is 6.42 Å². The number of rotatable bonds is 3. The van der Waals surface area contributed by atoms with Crippen LogP contribution in [0, 0.1) is 13.8 Å². The summed E-state index contributed by atoms with van der Waals surface area (Å²) in [7, 11) is 0. The van der Waals surface area contributed by atoms with Gasteiger partial charge in [0.05, 0.1) is 0 Å². The zero-order chi connectivity index (χ0) is 10.6. The van der Waals surface area contributed by atoms with Crippen molar-refractivity contribution in [2.75, 3.05) is 5.73 Å². The highest BCUT2D eigenvalue weighted by Gasteiger charge is 2.00. The molecule has 0 aliphatic rings. The smallest absolute Gasteiger partial charge is 0.123 e. The highest BCUT2D eigenvalue weighted by atomic mass is 16.1. The molecule has 2 N–H and O–H groups in total. The molecule has 74 valence electrons. The molecule has 0 aliphatic heterocycles. The van der Waals surface area contributed by atoms with Gasteiger partial charge in [-0.15, -0.1) is 0 Å². The monoisotopic (exact) mass is 189 g/mol. The van der Waals surface area contributed by atoms with Crippen LogP contribution in [0.1, 0.15) is 23.1 Å². The van der Waals surface area contributed by atoms with E-state index in [0.717, 1.165) is 23.1 Å². The second-order valence-electron chi connectivity index (χ2n) is 3.30. The van der Waals surface area contributed by atoms with Crippen molar-refractivity contribution in [2.24, 2.45) is 0 Å². The molecule has 0 amide bonds. The van der Waals surface area contributed by atoms with Gasteiger partial charge < -0.3 is 10.5 Å². The summed E-state index contributed by atoms with van der Waals surface area (Å²) < 4.78 is 0. The van der Waals surface area contributed by atoms with Crippen LogP contribution in [0.15, 0.2) is 18.2 Å². The highest BCUT2D eigenvalue weighted by molar-refractivity contribution is 5.64. The summed E-state index contributed by atoms with van der Waals surface area (Å²) >= 11 is 0. The summed E-state index contributed by atoms with van der Waals surface area (Å²) in [5, 5.41) is 0. The van der Waals surface area contributed by atoms with Crippen LogP contribution in [0.5, 0.6) is 0 Å². The number of benzene rings is 1. The minimum atomic E-state index is 0.461. The van der Waals surface area contributed by atoms with Crippen molar-refractivity contribution in [1.82, 2.24) is 0 Å². The van der Waals surface area contributed by atoms with E-state index in [1.807, 2.05) is 38.1 Å². The number of aldehydes is 1. The number of hydrogen-bond acceptors (Lipinski definition) is 2. The average molecular weight is 189 g/mol. The molecule has 0 spiro atoms. The first-order valence-electron chi connectivity index (χ1n) is 4.62. The van der Waals surface area contributed by atoms with Crippen LogP contribution < -0.4 is 5.73 Å². The molecule has 1 rings (SSSR count). The third-order valence-electron chi connectivity index (χ3n) is 2.40. The molecule has 0 radical (unpaired) electrons. The zero-order valence-electron chi connectivity index (χ0n) is 8.58. The number of anilines is 1. The molecule has 0 unspecified atom stereocenters. The summed E-state index contributed by atoms with van der Waals surface area (Å²) in [6, 6.07) is 3.86. The quantitative estimate of drug-likeness (QED) is 0.586. The van der Waals surface area contributed by atoms with E-state index in [4.69, 9.17) is 5.73 Å². The molecule has 0 aromatic heterocycles. The molecular weight excluding hydrogens is 174 g/mol. The highest BCUT2D eigenvalue weighted by Crippen LogP contribution is 2.20. The summed E-state index contributed by atoms with van der Waals surface area (Å²) in [6.07, 6.45) is 5.15. The van der Waals surface area contributed by atoms with E-state index in [2.05, 4.69) is 0 Å². The zero-order valence-corrected chi connectivity index (χ0v) is 8.58. The van der Waals surface area contributed by atoms with E-state index < -0.39 is 0 Å². The van der Waals surface area contributed by atoms with Gasteiger partial charge in [-0.05, 0) is 36.6 Å². The molecule has 1 aromatic carbocycles. The summed E-state index contributed by atoms with van der Waals surface area (Å²) in [5.41, 5.74) is 9.99. The molecule has 0 atom stereocenters. The van der Waals surface area contributed by atoms with Gasteiger partial charge in [0.25, 0.3) is 0 Å². The molecule has 0 fully saturated rings. The average Bonchev–Trinajstić information content (AvgIpc) is 2.18. The Bertz CT molecular complexity index is 367. The summed E-state index contributed by atoms with van der Waals surface area (Å²) in [4.78, 5) is 10.1. The Kier molecular flexibility index (Phi) is 3.46. The standard InChI is InChI=1S/C12H15NO/c1-9-10(2)12(13)7-6-11(9)5-3-4-8-14/h3,5-8H,4,13H2,1-2H3. The largest absolute Gasteiger partial charge is 0.399 e. The summed E-state index contributed by atoms with van der Waals surface area (Å²) in [6.45, 7) is 4.04. The fourth-order valence-corrected chi connectivity index (χ4v) is 1.29. The lowest BCUT2D eigenvalue weighted by Crippen LogP contribution is -1.94. The van der Waals surface area contributed by atoms with Crippen LogP contribution in [0.2, 0.25) is 0 Å². The Hall–Kier alpha value is -1.57. The van der Waals surface area contributed by atoms with Crippen molar-refractivity contribution in [3.8, 4) is 0 Å². The lowest BCUT2D eigenvalue weighted by atomic mass is 10.0. The first-order valence-corrected chi connectivity index (χ1v) is 4.62. The molecule has 1 aromatic rings. The van der Waals surface area contributed by atoms with Crippen LogP contribution in [0.25, 0.3) is 6.08 Å². The maximum Gasteiger partial charge on any atom is 0.123 e. The fourth-order valence-electron chi connectivity index (χ4n) is 1.29. The van der Waals surface area contributed by atoms with Crippen molar-refractivity contribution in [1.29, 1.82) is 0 Å². The first-order chi connectivity index (χ1) is 6.66. The molecule has 0 heterocycles. The number of carbonyl (C=O) groups is 1. The van der Waals surface area contributed by atoms with Crippen LogP contribution in [0.3, 0.4) is 0 Å². The molecule has 2 heteroatoms. The van der Waals surface area contributed by atoms with Crippen LogP contribution in [-0.4, -0.2) is 6.29 Å². The van der Waals surface area contributed by atoms with Gasteiger partial charge in [0.2, 0.25) is 0 Å². The maximum atomic E-state index is 10.1. The Morgan fingerprint density at radius 3 is 2.64 bits per heavy atom. The minimum Gasteiger partial charge on any atom is -0.399 e. The number of nitrogens with two attached hydrogens (primary N) is 1. The van der Waals surface area contributed by atoms with E-state index >= 15 is 0 Å². The van der Waals surface area contributed by atoms with Crippen LogP contribution in [-0.2, 0) is 4.79 Å². The normalized spacial score (nSPS) is 10.7. The fraction of sp³-hybridized carbons (Fsp3) is 0.250. The number of nitrogen functional groups attached to an aromatic ring is 1. The van der Waals surface area contributed by atoms with E-state index in [-0.39, 0.29) is 0 Å². The lowest BCUT2D eigenvalue weighted by molar-refractivity contribution is -0.107. The minimum absolute atomic E-state index is 0.461. The van der Waals surface area contributed by atoms with E-state index in [1.54, 1.807) is 0 Å². The third kappa shape index (κ3) is 2.22. The van der Waals surface area contributed by atoms with Gasteiger partial charge in [0, 0.05) is 12.1 Å². The Balaban J connectivity index is 2.99. The molecule has 0 bridgehead atoms. The van der Waals surface area contributed by atoms with Crippen molar-refractivity contribution in [2.45, 2.75) is 20.3 Å². The van der Waals surface area contributed by atoms with Gasteiger partial charge >= 0.3 is 0 Å². The maximum absolute atomic E-state index is 10.1. The second-order valence-corrected chi connectivity index (χ2v) is 3.30. The van der Waals surface area contributed by atoms with Gasteiger partial charge in [0.15, 0.2) is 0 Å². The molecular formula is C12H15NO. The van der Waals surface area contributed by atoms with Gasteiger partial charge in [-0.2, -0.15) is 0 Å². The molecule has 0 saturated heterocycles. The van der Waals surface area contributed by atoms with Gasteiger partial charge in [-0.25, -0.2) is 0 Å². The van der Waals surface area contributed by atoms with Crippen molar-refractivity contribution < 1.29 is 4.79 Å². The molecule has 2 nitrogen and oxygen atoms in total. The van der Waals surface area contributed by atoms with E-state index in [9.17, 15) is 4.79 Å². The van der Waals surface area contributed by atoms with Crippen molar-refractivity contribution in [3.63, 3.8) is 0 Å². The Morgan fingerprint density at radius 2 is 2.00 bits per heavy atom. The number of allylic oxidation sites excluding steroid dienone is 1.